The third-order valence-corrected chi connectivity index (χ3v) is 6.03. The van der Waals surface area contributed by atoms with Gasteiger partial charge in [0.15, 0.2) is 0 Å². The zero-order valence-electron chi connectivity index (χ0n) is 20.2. The number of unbranched alkanes of at least 4 members (excludes halogenated alkanes) is 11. The Morgan fingerprint density at radius 2 is 1.29 bits per heavy atom. The zero-order chi connectivity index (χ0) is 24.6. The molecule has 5 nitrogen and oxygen atoms in total. The first kappa shape index (κ1) is 27.7. The SMILES string of the molecule is CCCCCCCCCCCCCCOc1ccc(C(=O)Oc2ccc(C(=O)O)cc2Cl)cc1. The lowest BCUT2D eigenvalue weighted by molar-refractivity contribution is 0.0696. The molecular formula is C28H37ClO5. The van der Waals surface area contributed by atoms with Crippen molar-refractivity contribution in [2.24, 2.45) is 0 Å². The van der Waals surface area contributed by atoms with E-state index in [1.165, 1.54) is 88.8 Å². The molecule has 0 saturated carbocycles. The molecule has 0 radical (unpaired) electrons. The first-order valence-electron chi connectivity index (χ1n) is 12.5. The van der Waals surface area contributed by atoms with Crippen molar-refractivity contribution in [2.75, 3.05) is 6.61 Å². The number of carboxylic acids is 1. The van der Waals surface area contributed by atoms with Gasteiger partial charge in [-0.2, -0.15) is 0 Å². The van der Waals surface area contributed by atoms with Crippen LogP contribution in [-0.2, 0) is 0 Å². The Bertz CT molecular complexity index is 879. The molecule has 2 rings (SSSR count). The van der Waals surface area contributed by atoms with Crippen molar-refractivity contribution >= 4 is 23.5 Å². The summed E-state index contributed by atoms with van der Waals surface area (Å²) in [6, 6.07) is 10.7. The maximum absolute atomic E-state index is 12.3. The summed E-state index contributed by atoms with van der Waals surface area (Å²) in [4.78, 5) is 23.3. The van der Waals surface area contributed by atoms with E-state index >= 15 is 0 Å². The molecular weight excluding hydrogens is 452 g/mol. The number of esters is 1. The minimum absolute atomic E-state index is 0.0273. The predicted molar refractivity (Wildman–Crippen MR) is 136 cm³/mol. The Morgan fingerprint density at radius 1 is 0.765 bits per heavy atom. The molecule has 0 aliphatic heterocycles. The number of benzene rings is 2. The van der Waals surface area contributed by atoms with Gasteiger partial charge in [0.05, 0.1) is 22.8 Å². The van der Waals surface area contributed by atoms with Gasteiger partial charge in [0.1, 0.15) is 11.5 Å². The summed E-state index contributed by atoms with van der Waals surface area (Å²) in [6.45, 7) is 2.92. The van der Waals surface area contributed by atoms with E-state index in [2.05, 4.69) is 6.92 Å². The number of hydrogen-bond donors (Lipinski definition) is 1. The molecule has 1 N–H and O–H groups in total. The van der Waals surface area contributed by atoms with Gasteiger partial charge in [0.25, 0.3) is 0 Å². The Kier molecular flexibility index (Phi) is 13.2. The van der Waals surface area contributed by atoms with Gasteiger partial charge in [-0.05, 0) is 48.9 Å². The monoisotopic (exact) mass is 488 g/mol. The molecule has 0 heterocycles. The van der Waals surface area contributed by atoms with Crippen LogP contribution < -0.4 is 9.47 Å². The molecule has 2 aromatic carbocycles. The van der Waals surface area contributed by atoms with Crippen molar-refractivity contribution < 1.29 is 24.2 Å². The van der Waals surface area contributed by atoms with Crippen LogP contribution in [0, 0.1) is 0 Å². The van der Waals surface area contributed by atoms with Crippen LogP contribution >= 0.6 is 11.6 Å². The van der Waals surface area contributed by atoms with Crippen LogP contribution in [0.5, 0.6) is 11.5 Å². The van der Waals surface area contributed by atoms with Gasteiger partial charge in [0, 0.05) is 0 Å². The number of halogens is 1. The number of ether oxygens (including phenoxy) is 2. The minimum atomic E-state index is -1.10. The lowest BCUT2D eigenvalue weighted by Crippen LogP contribution is -2.09. The number of carbonyl (C=O) groups excluding carboxylic acids is 1. The highest BCUT2D eigenvalue weighted by Gasteiger charge is 2.13. The Morgan fingerprint density at radius 3 is 1.82 bits per heavy atom. The topological polar surface area (TPSA) is 72.8 Å². The fourth-order valence-corrected chi connectivity index (χ4v) is 3.91. The molecule has 0 amide bonds. The van der Waals surface area contributed by atoms with Crippen molar-refractivity contribution in [3.05, 3.63) is 58.6 Å². The molecule has 0 aliphatic carbocycles. The van der Waals surface area contributed by atoms with E-state index in [1.807, 2.05) is 0 Å². The number of hydrogen-bond acceptors (Lipinski definition) is 4. The first-order valence-corrected chi connectivity index (χ1v) is 12.9. The molecule has 0 saturated heterocycles. The molecule has 34 heavy (non-hydrogen) atoms. The summed E-state index contributed by atoms with van der Waals surface area (Å²) in [7, 11) is 0. The van der Waals surface area contributed by atoms with Crippen LogP contribution in [-0.4, -0.2) is 23.7 Å². The highest BCUT2D eigenvalue weighted by atomic mass is 35.5. The molecule has 186 valence electrons. The van der Waals surface area contributed by atoms with Gasteiger partial charge in [-0.15, -0.1) is 0 Å². The van der Waals surface area contributed by atoms with E-state index in [1.54, 1.807) is 24.3 Å². The molecule has 0 bridgehead atoms. The molecule has 0 spiro atoms. The van der Waals surface area contributed by atoms with E-state index in [4.69, 9.17) is 26.2 Å². The van der Waals surface area contributed by atoms with E-state index in [0.717, 1.165) is 6.42 Å². The summed E-state index contributed by atoms with van der Waals surface area (Å²) in [5.74, 6) is -0.844. The van der Waals surface area contributed by atoms with Crippen LogP contribution in [0.25, 0.3) is 0 Å². The average Bonchev–Trinajstić information content (AvgIpc) is 2.83. The standard InChI is InChI=1S/C28H37ClO5/c1-2-3-4-5-6-7-8-9-10-11-12-13-20-33-24-17-14-22(15-18-24)28(32)34-26-19-16-23(27(30)31)21-25(26)29/h14-19,21H,2-13,20H2,1H3,(H,30,31). The van der Waals surface area contributed by atoms with E-state index in [0.29, 0.717) is 17.9 Å². The van der Waals surface area contributed by atoms with E-state index < -0.39 is 11.9 Å². The molecule has 2 aromatic rings. The molecule has 0 atom stereocenters. The second-order valence-corrected chi connectivity index (χ2v) is 9.01. The first-order chi connectivity index (χ1) is 16.5. The summed E-state index contributed by atoms with van der Waals surface area (Å²) in [5, 5.41) is 9.05. The lowest BCUT2D eigenvalue weighted by Gasteiger charge is -2.09. The molecule has 6 heteroatoms. The Labute approximate surface area is 208 Å². The van der Waals surface area contributed by atoms with Crippen molar-refractivity contribution in [3.8, 4) is 11.5 Å². The van der Waals surface area contributed by atoms with Crippen LogP contribution in [0.4, 0.5) is 0 Å². The molecule has 0 aromatic heterocycles. The minimum Gasteiger partial charge on any atom is -0.494 e. The van der Waals surface area contributed by atoms with Crippen LogP contribution in [0.3, 0.4) is 0 Å². The summed E-state index contributed by atoms with van der Waals surface area (Å²) < 4.78 is 11.1. The predicted octanol–water partition coefficient (Wildman–Crippen LogP) is 8.34. The number of carboxylic acid groups (broad SMARTS) is 1. The van der Waals surface area contributed by atoms with Crippen molar-refractivity contribution in [2.45, 2.75) is 84.0 Å². The molecule has 0 unspecified atom stereocenters. The summed E-state index contributed by atoms with van der Waals surface area (Å²) in [6.07, 6.45) is 15.7. The quantitative estimate of drug-likeness (QED) is 0.137. The van der Waals surface area contributed by atoms with Crippen LogP contribution in [0.1, 0.15) is 105 Å². The summed E-state index contributed by atoms with van der Waals surface area (Å²) >= 11 is 6.02. The van der Waals surface area contributed by atoms with Crippen molar-refractivity contribution in [1.29, 1.82) is 0 Å². The van der Waals surface area contributed by atoms with Gasteiger partial charge in [-0.3, -0.25) is 0 Å². The van der Waals surface area contributed by atoms with Gasteiger partial charge in [-0.25, -0.2) is 9.59 Å². The van der Waals surface area contributed by atoms with Crippen LogP contribution in [0.2, 0.25) is 5.02 Å². The fraction of sp³-hybridized carbons (Fsp3) is 0.500. The highest BCUT2D eigenvalue weighted by Crippen LogP contribution is 2.26. The van der Waals surface area contributed by atoms with Gasteiger partial charge in [0.2, 0.25) is 0 Å². The van der Waals surface area contributed by atoms with Crippen molar-refractivity contribution in [1.82, 2.24) is 0 Å². The highest BCUT2D eigenvalue weighted by molar-refractivity contribution is 6.32. The van der Waals surface area contributed by atoms with Gasteiger partial charge >= 0.3 is 11.9 Å². The fourth-order valence-electron chi connectivity index (χ4n) is 3.70. The molecule has 0 aliphatic rings. The maximum atomic E-state index is 12.3. The zero-order valence-corrected chi connectivity index (χ0v) is 20.9. The van der Waals surface area contributed by atoms with Gasteiger partial charge < -0.3 is 14.6 Å². The Balaban J connectivity index is 1.59. The molecule has 0 fully saturated rings. The average molecular weight is 489 g/mol. The van der Waals surface area contributed by atoms with Crippen molar-refractivity contribution in [3.63, 3.8) is 0 Å². The summed E-state index contributed by atoms with van der Waals surface area (Å²) in [5.41, 5.74) is 0.385. The second-order valence-electron chi connectivity index (χ2n) is 8.60. The normalized spacial score (nSPS) is 10.8. The number of aromatic carboxylic acids is 1. The number of carbonyl (C=O) groups is 2. The Hall–Kier alpha value is -2.53. The van der Waals surface area contributed by atoms with Crippen LogP contribution in [0.15, 0.2) is 42.5 Å². The smallest absolute Gasteiger partial charge is 0.343 e. The van der Waals surface area contributed by atoms with E-state index in [-0.39, 0.29) is 16.3 Å². The maximum Gasteiger partial charge on any atom is 0.343 e. The lowest BCUT2D eigenvalue weighted by atomic mass is 10.1. The third-order valence-electron chi connectivity index (χ3n) is 5.74. The largest absolute Gasteiger partial charge is 0.494 e. The second kappa shape index (κ2) is 16.2. The van der Waals surface area contributed by atoms with Gasteiger partial charge in [-0.1, -0.05) is 89.2 Å². The number of rotatable bonds is 17. The van der Waals surface area contributed by atoms with E-state index in [9.17, 15) is 9.59 Å². The third kappa shape index (κ3) is 10.6.